The Kier molecular flexibility index (Phi) is 7.64. The van der Waals surface area contributed by atoms with E-state index >= 15 is 0 Å². The zero-order valence-corrected chi connectivity index (χ0v) is 18.8. The van der Waals surface area contributed by atoms with E-state index in [2.05, 4.69) is 15.8 Å². The number of carbonyl (C=O) groups is 2. The summed E-state index contributed by atoms with van der Waals surface area (Å²) in [5.41, 5.74) is 5.59. The van der Waals surface area contributed by atoms with Crippen LogP contribution in [-0.4, -0.2) is 39.4 Å². The Morgan fingerprint density at radius 1 is 0.848 bits per heavy atom. The normalized spacial score (nSPS) is 10.5. The van der Waals surface area contributed by atoms with Gasteiger partial charge in [0, 0.05) is 22.4 Å². The summed E-state index contributed by atoms with van der Waals surface area (Å²) in [6.07, 6.45) is 1.47. The predicted octanol–water partition coefficient (Wildman–Crippen LogP) is 4.04. The number of benzene rings is 3. The molecule has 0 aliphatic rings. The number of hydrogen-bond acceptors (Lipinski definition) is 6. The third-order valence-corrected chi connectivity index (χ3v) is 4.86. The summed E-state index contributed by atoms with van der Waals surface area (Å²) in [7, 11) is 4.56. The molecular weight excluding hydrogens is 422 g/mol. The van der Waals surface area contributed by atoms with Gasteiger partial charge in [-0.15, -0.1) is 0 Å². The molecule has 8 nitrogen and oxygen atoms in total. The van der Waals surface area contributed by atoms with Gasteiger partial charge >= 0.3 is 0 Å². The minimum absolute atomic E-state index is 0.208. The molecule has 0 heterocycles. The quantitative estimate of drug-likeness (QED) is 0.401. The molecule has 8 heteroatoms. The third-order valence-electron chi connectivity index (χ3n) is 4.86. The molecule has 2 amide bonds. The van der Waals surface area contributed by atoms with E-state index in [4.69, 9.17) is 14.2 Å². The van der Waals surface area contributed by atoms with Crippen LogP contribution in [0.3, 0.4) is 0 Å². The molecule has 3 rings (SSSR count). The van der Waals surface area contributed by atoms with Crippen LogP contribution < -0.4 is 25.0 Å². The second-order valence-electron chi connectivity index (χ2n) is 7.00. The molecule has 0 atom stereocenters. The van der Waals surface area contributed by atoms with Crippen molar-refractivity contribution in [3.63, 3.8) is 0 Å². The van der Waals surface area contributed by atoms with Gasteiger partial charge in [-0.2, -0.15) is 5.10 Å². The minimum Gasteiger partial charge on any atom is -0.493 e. The second-order valence-corrected chi connectivity index (χ2v) is 7.00. The summed E-state index contributed by atoms with van der Waals surface area (Å²) in [5, 5.41) is 6.82. The molecule has 0 bridgehead atoms. The van der Waals surface area contributed by atoms with E-state index in [-0.39, 0.29) is 5.91 Å². The van der Waals surface area contributed by atoms with Crippen molar-refractivity contribution in [1.82, 2.24) is 5.43 Å². The molecule has 3 aromatic carbocycles. The zero-order valence-electron chi connectivity index (χ0n) is 18.8. The first-order valence-corrected chi connectivity index (χ1v) is 10.1. The highest BCUT2D eigenvalue weighted by Crippen LogP contribution is 2.37. The van der Waals surface area contributed by atoms with E-state index in [0.717, 1.165) is 5.56 Å². The van der Waals surface area contributed by atoms with Crippen molar-refractivity contribution in [2.45, 2.75) is 6.92 Å². The van der Waals surface area contributed by atoms with E-state index in [9.17, 15) is 9.59 Å². The topological polar surface area (TPSA) is 98.2 Å². The number of rotatable bonds is 8. The Hall–Kier alpha value is -4.33. The number of amides is 2. The monoisotopic (exact) mass is 447 g/mol. The van der Waals surface area contributed by atoms with Crippen LogP contribution >= 0.6 is 0 Å². The number of nitrogens with zero attached hydrogens (tertiary/aromatic N) is 1. The summed E-state index contributed by atoms with van der Waals surface area (Å²) >= 11 is 0. The molecule has 170 valence electrons. The van der Waals surface area contributed by atoms with Gasteiger partial charge in [0.15, 0.2) is 11.5 Å². The van der Waals surface area contributed by atoms with Crippen molar-refractivity contribution < 1.29 is 23.8 Å². The number of nitrogens with one attached hydrogen (secondary N) is 2. The van der Waals surface area contributed by atoms with Crippen molar-refractivity contribution in [2.24, 2.45) is 5.10 Å². The SMILES string of the molecule is COc1cc(/C=N/NC(=O)c2ccc(NC(=O)c3ccccc3C)cc2)cc(OC)c1OC. The summed E-state index contributed by atoms with van der Waals surface area (Å²) in [5.74, 6) is 0.826. The van der Waals surface area contributed by atoms with Crippen LogP contribution in [0.15, 0.2) is 65.8 Å². The Morgan fingerprint density at radius 3 is 2.06 bits per heavy atom. The molecule has 0 radical (unpaired) electrons. The molecule has 0 aromatic heterocycles. The van der Waals surface area contributed by atoms with E-state index < -0.39 is 5.91 Å². The van der Waals surface area contributed by atoms with Gasteiger partial charge in [-0.1, -0.05) is 18.2 Å². The van der Waals surface area contributed by atoms with Crippen molar-refractivity contribution in [3.05, 3.63) is 82.9 Å². The molecule has 0 saturated carbocycles. The maximum atomic E-state index is 12.4. The Bertz CT molecular complexity index is 1150. The first kappa shape index (κ1) is 23.3. The van der Waals surface area contributed by atoms with Crippen LogP contribution in [0, 0.1) is 6.92 Å². The number of anilines is 1. The van der Waals surface area contributed by atoms with Crippen LogP contribution in [0.2, 0.25) is 0 Å². The van der Waals surface area contributed by atoms with Gasteiger partial charge in [0.05, 0.1) is 27.5 Å². The number of carbonyl (C=O) groups excluding carboxylic acids is 2. The lowest BCUT2D eigenvalue weighted by atomic mass is 10.1. The second kappa shape index (κ2) is 10.8. The highest BCUT2D eigenvalue weighted by molar-refractivity contribution is 6.05. The average molecular weight is 447 g/mol. The van der Waals surface area contributed by atoms with Crippen molar-refractivity contribution in [1.29, 1.82) is 0 Å². The van der Waals surface area contributed by atoms with Crippen LogP contribution in [0.25, 0.3) is 0 Å². The fourth-order valence-corrected chi connectivity index (χ4v) is 3.14. The fraction of sp³-hybridized carbons (Fsp3) is 0.160. The predicted molar refractivity (Wildman–Crippen MR) is 127 cm³/mol. The standard InChI is InChI=1S/C25H25N3O5/c1-16-7-5-6-8-20(16)25(30)27-19-11-9-18(10-12-19)24(29)28-26-15-17-13-21(31-2)23(33-4)22(14-17)32-3/h5-15H,1-4H3,(H,27,30)(H,28,29)/b26-15+. The fourth-order valence-electron chi connectivity index (χ4n) is 3.14. The van der Waals surface area contributed by atoms with Gasteiger partial charge in [-0.05, 0) is 55.0 Å². The van der Waals surface area contributed by atoms with Crippen LogP contribution in [0.5, 0.6) is 17.2 Å². The summed E-state index contributed by atoms with van der Waals surface area (Å²) in [6, 6.07) is 17.3. The maximum Gasteiger partial charge on any atom is 0.271 e. The summed E-state index contributed by atoms with van der Waals surface area (Å²) < 4.78 is 15.9. The third kappa shape index (κ3) is 5.68. The van der Waals surface area contributed by atoms with Gasteiger partial charge in [-0.3, -0.25) is 9.59 Å². The lowest BCUT2D eigenvalue weighted by Gasteiger charge is -2.12. The smallest absolute Gasteiger partial charge is 0.271 e. The lowest BCUT2D eigenvalue weighted by molar-refractivity contribution is 0.0954. The van der Waals surface area contributed by atoms with Gasteiger partial charge in [0.25, 0.3) is 11.8 Å². The number of aryl methyl sites for hydroxylation is 1. The van der Waals surface area contributed by atoms with Gasteiger partial charge in [-0.25, -0.2) is 5.43 Å². The lowest BCUT2D eigenvalue weighted by Crippen LogP contribution is -2.18. The molecule has 3 aromatic rings. The molecule has 33 heavy (non-hydrogen) atoms. The largest absolute Gasteiger partial charge is 0.493 e. The number of ether oxygens (including phenoxy) is 3. The summed E-state index contributed by atoms with van der Waals surface area (Å²) in [6.45, 7) is 1.88. The molecule has 0 spiro atoms. The minimum atomic E-state index is -0.393. The molecule has 2 N–H and O–H groups in total. The van der Waals surface area contributed by atoms with Crippen molar-refractivity contribution in [2.75, 3.05) is 26.6 Å². The van der Waals surface area contributed by atoms with Gasteiger partial charge in [0.1, 0.15) is 0 Å². The van der Waals surface area contributed by atoms with Crippen LogP contribution in [0.1, 0.15) is 31.8 Å². The summed E-state index contributed by atoms with van der Waals surface area (Å²) in [4.78, 5) is 24.8. The molecular formula is C25H25N3O5. The van der Waals surface area contributed by atoms with Crippen molar-refractivity contribution >= 4 is 23.7 Å². The Balaban J connectivity index is 1.64. The number of methoxy groups -OCH3 is 3. The van der Waals surface area contributed by atoms with E-state index in [0.29, 0.717) is 39.6 Å². The number of hydrogen-bond donors (Lipinski definition) is 2. The Morgan fingerprint density at radius 2 is 1.48 bits per heavy atom. The van der Waals surface area contributed by atoms with E-state index in [1.807, 2.05) is 25.1 Å². The first-order valence-electron chi connectivity index (χ1n) is 10.1. The molecule has 0 saturated heterocycles. The molecule has 0 aliphatic heterocycles. The van der Waals surface area contributed by atoms with E-state index in [1.54, 1.807) is 42.5 Å². The van der Waals surface area contributed by atoms with Gasteiger partial charge in [0.2, 0.25) is 5.75 Å². The van der Waals surface area contributed by atoms with Crippen LogP contribution in [-0.2, 0) is 0 Å². The van der Waals surface area contributed by atoms with Crippen LogP contribution in [0.4, 0.5) is 5.69 Å². The average Bonchev–Trinajstić information content (AvgIpc) is 2.83. The first-order chi connectivity index (χ1) is 16.0. The highest BCUT2D eigenvalue weighted by Gasteiger charge is 2.13. The molecule has 0 fully saturated rings. The van der Waals surface area contributed by atoms with E-state index in [1.165, 1.54) is 27.5 Å². The maximum absolute atomic E-state index is 12.4. The highest BCUT2D eigenvalue weighted by atomic mass is 16.5. The molecule has 0 aliphatic carbocycles. The van der Waals surface area contributed by atoms with Gasteiger partial charge < -0.3 is 19.5 Å². The zero-order chi connectivity index (χ0) is 23.8. The number of hydrazone groups is 1. The Labute approximate surface area is 192 Å². The van der Waals surface area contributed by atoms with Crippen molar-refractivity contribution in [3.8, 4) is 17.2 Å². The molecule has 0 unspecified atom stereocenters.